The zero-order chi connectivity index (χ0) is 10.6. The van der Waals surface area contributed by atoms with Gasteiger partial charge in [-0.2, -0.15) is 4.39 Å². The number of benzene rings is 1. The predicted molar refractivity (Wildman–Crippen MR) is 50.5 cm³/mol. The number of methoxy groups -OCH3 is 1. The number of nitrogens with one attached hydrogen (secondary N) is 1. The van der Waals surface area contributed by atoms with Crippen LogP contribution in [0, 0.1) is 11.6 Å². The Bertz CT molecular complexity index is 315. The van der Waals surface area contributed by atoms with Crippen LogP contribution < -0.4 is 10.1 Å². The highest BCUT2D eigenvalue weighted by atomic mass is 19.2. The second-order valence-electron chi connectivity index (χ2n) is 2.95. The standard InChI is InChI=1S/C10H13F2NO/c1-13-4-3-7-5-8(11)10(12)9(6-7)14-2/h5-6,13H,3-4H2,1-2H3. The summed E-state index contributed by atoms with van der Waals surface area (Å²) in [5, 5.41) is 2.93. The summed E-state index contributed by atoms with van der Waals surface area (Å²) in [6, 6.07) is 2.70. The minimum atomic E-state index is -0.930. The molecule has 1 rings (SSSR count). The molecule has 1 aromatic rings. The van der Waals surface area contributed by atoms with Crippen molar-refractivity contribution in [3.05, 3.63) is 29.3 Å². The Kier molecular flexibility index (Phi) is 3.83. The normalized spacial score (nSPS) is 10.3. The average Bonchev–Trinajstić information content (AvgIpc) is 2.19. The fourth-order valence-corrected chi connectivity index (χ4v) is 1.18. The molecule has 0 saturated carbocycles. The van der Waals surface area contributed by atoms with Crippen molar-refractivity contribution < 1.29 is 13.5 Å². The Morgan fingerprint density at radius 2 is 2.07 bits per heavy atom. The van der Waals surface area contributed by atoms with Crippen molar-refractivity contribution in [1.29, 1.82) is 0 Å². The molecule has 78 valence electrons. The third-order valence-corrected chi connectivity index (χ3v) is 1.94. The van der Waals surface area contributed by atoms with Gasteiger partial charge in [-0.1, -0.05) is 0 Å². The molecule has 0 fully saturated rings. The first kappa shape index (κ1) is 10.9. The first-order valence-electron chi connectivity index (χ1n) is 4.35. The number of halogens is 2. The average molecular weight is 201 g/mol. The fraction of sp³-hybridized carbons (Fsp3) is 0.400. The molecule has 0 aliphatic heterocycles. The van der Waals surface area contributed by atoms with Crippen molar-refractivity contribution in [3.63, 3.8) is 0 Å². The first-order chi connectivity index (χ1) is 6.69. The van der Waals surface area contributed by atoms with Gasteiger partial charge in [0, 0.05) is 0 Å². The van der Waals surface area contributed by atoms with E-state index < -0.39 is 11.6 Å². The van der Waals surface area contributed by atoms with E-state index in [0.717, 1.165) is 5.56 Å². The van der Waals surface area contributed by atoms with Crippen molar-refractivity contribution in [2.75, 3.05) is 20.7 Å². The Morgan fingerprint density at radius 1 is 1.36 bits per heavy atom. The number of hydrogen-bond donors (Lipinski definition) is 1. The van der Waals surface area contributed by atoms with Gasteiger partial charge in [0.05, 0.1) is 7.11 Å². The van der Waals surface area contributed by atoms with Gasteiger partial charge in [-0.15, -0.1) is 0 Å². The molecule has 0 bridgehead atoms. The molecule has 0 aliphatic rings. The molecule has 14 heavy (non-hydrogen) atoms. The maximum Gasteiger partial charge on any atom is 0.200 e. The molecule has 1 aromatic carbocycles. The second-order valence-corrected chi connectivity index (χ2v) is 2.95. The summed E-state index contributed by atoms with van der Waals surface area (Å²) in [5.41, 5.74) is 0.718. The molecule has 1 N–H and O–H groups in total. The molecule has 0 aromatic heterocycles. The van der Waals surface area contributed by atoms with Crippen LogP contribution in [-0.2, 0) is 6.42 Å². The highest BCUT2D eigenvalue weighted by molar-refractivity contribution is 5.31. The van der Waals surface area contributed by atoms with Gasteiger partial charge in [0.15, 0.2) is 11.6 Å². The van der Waals surface area contributed by atoms with E-state index in [4.69, 9.17) is 4.74 Å². The Balaban J connectivity index is 2.91. The minimum Gasteiger partial charge on any atom is -0.494 e. The number of ether oxygens (including phenoxy) is 1. The first-order valence-corrected chi connectivity index (χ1v) is 4.35. The van der Waals surface area contributed by atoms with Gasteiger partial charge in [0.1, 0.15) is 0 Å². The van der Waals surface area contributed by atoms with E-state index in [1.807, 2.05) is 0 Å². The lowest BCUT2D eigenvalue weighted by molar-refractivity contribution is 0.371. The van der Waals surface area contributed by atoms with E-state index in [0.29, 0.717) is 13.0 Å². The van der Waals surface area contributed by atoms with Crippen LogP contribution in [0.25, 0.3) is 0 Å². The number of likely N-dealkylation sites (N-methyl/N-ethyl adjacent to an activating group) is 1. The van der Waals surface area contributed by atoms with E-state index >= 15 is 0 Å². The van der Waals surface area contributed by atoms with E-state index in [1.165, 1.54) is 19.2 Å². The van der Waals surface area contributed by atoms with Crippen LogP contribution in [0.5, 0.6) is 5.75 Å². The van der Waals surface area contributed by atoms with Crippen LogP contribution in [0.15, 0.2) is 12.1 Å². The van der Waals surface area contributed by atoms with Crippen LogP contribution in [0.3, 0.4) is 0 Å². The summed E-state index contributed by atoms with van der Waals surface area (Å²) in [7, 11) is 3.12. The number of hydrogen-bond acceptors (Lipinski definition) is 2. The van der Waals surface area contributed by atoms with Crippen molar-refractivity contribution in [2.45, 2.75) is 6.42 Å². The molecule has 0 heterocycles. The monoisotopic (exact) mass is 201 g/mol. The van der Waals surface area contributed by atoms with E-state index in [-0.39, 0.29) is 5.75 Å². The van der Waals surface area contributed by atoms with Crippen molar-refractivity contribution in [2.24, 2.45) is 0 Å². The maximum atomic E-state index is 13.0. The molecule has 0 radical (unpaired) electrons. The molecular formula is C10H13F2NO. The zero-order valence-electron chi connectivity index (χ0n) is 8.23. The summed E-state index contributed by atoms with van der Waals surface area (Å²) in [5.74, 6) is -1.84. The summed E-state index contributed by atoms with van der Waals surface area (Å²) >= 11 is 0. The van der Waals surface area contributed by atoms with Gasteiger partial charge in [0.25, 0.3) is 0 Å². The molecule has 0 amide bonds. The van der Waals surface area contributed by atoms with Crippen LogP contribution in [0.4, 0.5) is 8.78 Å². The van der Waals surface area contributed by atoms with Gasteiger partial charge < -0.3 is 10.1 Å². The van der Waals surface area contributed by atoms with E-state index in [9.17, 15) is 8.78 Å². The summed E-state index contributed by atoms with van der Waals surface area (Å²) in [4.78, 5) is 0. The molecule has 0 saturated heterocycles. The van der Waals surface area contributed by atoms with Crippen molar-refractivity contribution in [1.82, 2.24) is 5.32 Å². The summed E-state index contributed by atoms with van der Waals surface area (Å²) in [6.07, 6.45) is 0.643. The molecule has 2 nitrogen and oxygen atoms in total. The lowest BCUT2D eigenvalue weighted by Gasteiger charge is -2.06. The molecule has 0 unspecified atom stereocenters. The number of rotatable bonds is 4. The van der Waals surface area contributed by atoms with Gasteiger partial charge in [-0.25, -0.2) is 4.39 Å². The van der Waals surface area contributed by atoms with Crippen LogP contribution in [0.1, 0.15) is 5.56 Å². The Labute approximate surface area is 81.9 Å². The topological polar surface area (TPSA) is 21.3 Å². The third kappa shape index (κ3) is 2.42. The van der Waals surface area contributed by atoms with Crippen LogP contribution in [0.2, 0.25) is 0 Å². The van der Waals surface area contributed by atoms with E-state index in [1.54, 1.807) is 7.05 Å². The highest BCUT2D eigenvalue weighted by Gasteiger charge is 2.10. The summed E-state index contributed by atoms with van der Waals surface area (Å²) in [6.45, 7) is 0.716. The predicted octanol–water partition coefficient (Wildman–Crippen LogP) is 1.74. The molecule has 0 aliphatic carbocycles. The largest absolute Gasteiger partial charge is 0.494 e. The van der Waals surface area contributed by atoms with Gasteiger partial charge in [-0.05, 0) is 37.7 Å². The summed E-state index contributed by atoms with van der Waals surface area (Å²) < 4.78 is 30.7. The quantitative estimate of drug-likeness (QED) is 0.801. The smallest absolute Gasteiger partial charge is 0.200 e. The van der Waals surface area contributed by atoms with Gasteiger partial charge in [0.2, 0.25) is 5.82 Å². The SMILES string of the molecule is CNCCc1cc(F)c(F)c(OC)c1. The molecule has 0 atom stereocenters. The Hall–Kier alpha value is -1.16. The lowest BCUT2D eigenvalue weighted by atomic mass is 10.1. The lowest BCUT2D eigenvalue weighted by Crippen LogP contribution is -2.10. The van der Waals surface area contributed by atoms with Gasteiger partial charge >= 0.3 is 0 Å². The second kappa shape index (κ2) is 4.91. The van der Waals surface area contributed by atoms with Crippen LogP contribution in [-0.4, -0.2) is 20.7 Å². The van der Waals surface area contributed by atoms with Crippen molar-refractivity contribution in [3.8, 4) is 5.75 Å². The third-order valence-electron chi connectivity index (χ3n) is 1.94. The van der Waals surface area contributed by atoms with Crippen molar-refractivity contribution >= 4 is 0 Å². The van der Waals surface area contributed by atoms with Crippen LogP contribution >= 0.6 is 0 Å². The minimum absolute atomic E-state index is 0.0453. The van der Waals surface area contributed by atoms with E-state index in [2.05, 4.69) is 5.32 Å². The Morgan fingerprint density at radius 3 is 2.64 bits per heavy atom. The fourth-order valence-electron chi connectivity index (χ4n) is 1.18. The maximum absolute atomic E-state index is 13.0. The molecule has 0 spiro atoms. The molecule has 4 heteroatoms. The molecular weight excluding hydrogens is 188 g/mol. The zero-order valence-corrected chi connectivity index (χ0v) is 8.23. The highest BCUT2D eigenvalue weighted by Crippen LogP contribution is 2.21. The van der Waals surface area contributed by atoms with Gasteiger partial charge in [-0.3, -0.25) is 0 Å².